The maximum absolute atomic E-state index is 4.48. The maximum Gasteiger partial charge on any atom is 0.0708 e. The number of hydrogen-bond acceptors (Lipinski definition) is 3. The van der Waals surface area contributed by atoms with Gasteiger partial charge in [-0.15, -0.1) is 0 Å². The van der Waals surface area contributed by atoms with Crippen molar-refractivity contribution in [2.75, 3.05) is 14.1 Å². The zero-order valence-corrected chi connectivity index (χ0v) is 10.9. The predicted molar refractivity (Wildman–Crippen MR) is 75.2 cm³/mol. The molecule has 0 saturated carbocycles. The standard InChI is InChI=1S/C15H19N3/c1-16-10-12-7-8-18-15(9-12)14-6-4-3-5-13(14)11-17-2/h3-9,16-17H,10-11H2,1-2H3. The van der Waals surface area contributed by atoms with Gasteiger partial charge >= 0.3 is 0 Å². The number of hydrogen-bond donors (Lipinski definition) is 2. The second-order valence-corrected chi connectivity index (χ2v) is 4.27. The molecule has 0 unspecified atom stereocenters. The van der Waals surface area contributed by atoms with Gasteiger partial charge in [0.2, 0.25) is 0 Å². The molecule has 1 aromatic carbocycles. The van der Waals surface area contributed by atoms with Crippen LogP contribution >= 0.6 is 0 Å². The summed E-state index contributed by atoms with van der Waals surface area (Å²) in [5.74, 6) is 0. The molecule has 0 aliphatic heterocycles. The van der Waals surface area contributed by atoms with Crippen LogP contribution in [0.3, 0.4) is 0 Å². The van der Waals surface area contributed by atoms with E-state index in [0.717, 1.165) is 18.8 Å². The van der Waals surface area contributed by atoms with Crippen molar-refractivity contribution >= 4 is 0 Å². The molecule has 18 heavy (non-hydrogen) atoms. The first kappa shape index (κ1) is 12.7. The summed E-state index contributed by atoms with van der Waals surface area (Å²) >= 11 is 0. The van der Waals surface area contributed by atoms with Crippen LogP contribution in [0.25, 0.3) is 11.3 Å². The molecule has 0 fully saturated rings. The number of nitrogens with zero attached hydrogens (tertiary/aromatic N) is 1. The number of aromatic nitrogens is 1. The van der Waals surface area contributed by atoms with E-state index in [4.69, 9.17) is 0 Å². The van der Waals surface area contributed by atoms with Gasteiger partial charge in [-0.1, -0.05) is 24.3 Å². The molecule has 94 valence electrons. The second kappa shape index (κ2) is 6.28. The van der Waals surface area contributed by atoms with Crippen molar-refractivity contribution in [3.63, 3.8) is 0 Å². The van der Waals surface area contributed by atoms with Crippen LogP contribution in [-0.2, 0) is 13.1 Å². The number of pyridine rings is 1. The number of rotatable bonds is 5. The zero-order chi connectivity index (χ0) is 12.8. The molecule has 0 radical (unpaired) electrons. The lowest BCUT2D eigenvalue weighted by molar-refractivity contribution is 0.813. The molecule has 0 bridgehead atoms. The fourth-order valence-corrected chi connectivity index (χ4v) is 2.05. The van der Waals surface area contributed by atoms with Crippen LogP contribution in [0.15, 0.2) is 42.6 Å². The molecule has 1 heterocycles. The minimum absolute atomic E-state index is 0.855. The van der Waals surface area contributed by atoms with Crippen molar-refractivity contribution in [1.29, 1.82) is 0 Å². The van der Waals surface area contributed by atoms with Gasteiger partial charge in [-0.3, -0.25) is 4.98 Å². The number of benzene rings is 1. The van der Waals surface area contributed by atoms with E-state index in [1.54, 1.807) is 0 Å². The first-order valence-electron chi connectivity index (χ1n) is 6.17. The van der Waals surface area contributed by atoms with Crippen LogP contribution in [0.5, 0.6) is 0 Å². The highest BCUT2D eigenvalue weighted by molar-refractivity contribution is 5.64. The second-order valence-electron chi connectivity index (χ2n) is 4.27. The normalized spacial score (nSPS) is 10.6. The molecule has 3 heteroatoms. The van der Waals surface area contributed by atoms with Crippen LogP contribution in [0, 0.1) is 0 Å². The first-order chi connectivity index (χ1) is 8.85. The van der Waals surface area contributed by atoms with Crippen LogP contribution < -0.4 is 10.6 Å². The Morgan fingerprint density at radius 1 is 1.00 bits per heavy atom. The quantitative estimate of drug-likeness (QED) is 0.842. The van der Waals surface area contributed by atoms with E-state index in [-0.39, 0.29) is 0 Å². The largest absolute Gasteiger partial charge is 0.316 e. The molecule has 0 spiro atoms. The summed E-state index contributed by atoms with van der Waals surface area (Å²) in [6, 6.07) is 12.6. The average Bonchev–Trinajstić information content (AvgIpc) is 2.40. The highest BCUT2D eigenvalue weighted by atomic mass is 14.8. The number of nitrogens with one attached hydrogen (secondary N) is 2. The zero-order valence-electron chi connectivity index (χ0n) is 10.9. The van der Waals surface area contributed by atoms with Gasteiger partial charge in [-0.25, -0.2) is 0 Å². The van der Waals surface area contributed by atoms with E-state index < -0.39 is 0 Å². The van der Waals surface area contributed by atoms with Crippen molar-refractivity contribution in [3.8, 4) is 11.3 Å². The predicted octanol–water partition coefficient (Wildman–Crippen LogP) is 2.19. The summed E-state index contributed by atoms with van der Waals surface area (Å²) in [4.78, 5) is 4.48. The van der Waals surface area contributed by atoms with Gasteiger partial charge in [-0.2, -0.15) is 0 Å². The lowest BCUT2D eigenvalue weighted by atomic mass is 10.0. The van der Waals surface area contributed by atoms with Gasteiger partial charge in [0.1, 0.15) is 0 Å². The monoisotopic (exact) mass is 241 g/mol. The Morgan fingerprint density at radius 2 is 1.78 bits per heavy atom. The molecule has 1 aromatic heterocycles. The Bertz CT molecular complexity index is 509. The minimum atomic E-state index is 0.855. The fraction of sp³-hybridized carbons (Fsp3) is 0.267. The molecule has 0 saturated heterocycles. The van der Waals surface area contributed by atoms with Crippen LogP contribution in [0.2, 0.25) is 0 Å². The molecule has 2 N–H and O–H groups in total. The van der Waals surface area contributed by atoms with Crippen LogP contribution in [-0.4, -0.2) is 19.1 Å². The van der Waals surface area contributed by atoms with Crippen molar-refractivity contribution in [2.24, 2.45) is 0 Å². The van der Waals surface area contributed by atoms with E-state index in [0.29, 0.717) is 0 Å². The summed E-state index contributed by atoms with van der Waals surface area (Å²) in [6.07, 6.45) is 1.87. The van der Waals surface area contributed by atoms with Gasteiger partial charge in [-0.05, 0) is 37.4 Å². The highest BCUT2D eigenvalue weighted by Crippen LogP contribution is 2.22. The Kier molecular flexibility index (Phi) is 4.45. The summed E-state index contributed by atoms with van der Waals surface area (Å²) < 4.78 is 0. The van der Waals surface area contributed by atoms with Gasteiger partial charge in [0.05, 0.1) is 5.69 Å². The van der Waals surface area contributed by atoms with Crippen molar-refractivity contribution in [3.05, 3.63) is 53.7 Å². The summed E-state index contributed by atoms with van der Waals surface area (Å²) in [5, 5.41) is 6.36. The smallest absolute Gasteiger partial charge is 0.0708 e. The van der Waals surface area contributed by atoms with Crippen molar-refractivity contribution < 1.29 is 0 Å². The first-order valence-corrected chi connectivity index (χ1v) is 6.17. The Labute approximate surface area is 108 Å². The summed E-state index contributed by atoms with van der Waals surface area (Å²) in [6.45, 7) is 1.72. The van der Waals surface area contributed by atoms with E-state index in [1.807, 2.05) is 26.4 Å². The van der Waals surface area contributed by atoms with Gasteiger partial charge in [0, 0.05) is 24.8 Å². The summed E-state index contributed by atoms with van der Waals surface area (Å²) in [7, 11) is 3.91. The van der Waals surface area contributed by atoms with Crippen LogP contribution in [0.4, 0.5) is 0 Å². The third-order valence-electron chi connectivity index (χ3n) is 2.87. The van der Waals surface area contributed by atoms with Gasteiger partial charge in [0.25, 0.3) is 0 Å². The third kappa shape index (κ3) is 2.94. The van der Waals surface area contributed by atoms with Crippen molar-refractivity contribution in [2.45, 2.75) is 13.1 Å². The molecule has 0 amide bonds. The Morgan fingerprint density at radius 3 is 2.56 bits per heavy atom. The minimum Gasteiger partial charge on any atom is -0.316 e. The van der Waals surface area contributed by atoms with E-state index >= 15 is 0 Å². The van der Waals surface area contributed by atoms with Gasteiger partial charge in [0.15, 0.2) is 0 Å². The maximum atomic E-state index is 4.48. The lowest BCUT2D eigenvalue weighted by Gasteiger charge is -2.09. The van der Waals surface area contributed by atoms with Gasteiger partial charge < -0.3 is 10.6 Å². The van der Waals surface area contributed by atoms with E-state index in [1.165, 1.54) is 16.7 Å². The molecule has 3 nitrogen and oxygen atoms in total. The molecule has 2 aromatic rings. The molecule has 0 atom stereocenters. The fourth-order valence-electron chi connectivity index (χ4n) is 2.05. The molecular formula is C15H19N3. The average molecular weight is 241 g/mol. The topological polar surface area (TPSA) is 37.0 Å². The van der Waals surface area contributed by atoms with Crippen molar-refractivity contribution in [1.82, 2.24) is 15.6 Å². The lowest BCUT2D eigenvalue weighted by Crippen LogP contribution is -2.07. The SMILES string of the molecule is CNCc1ccnc(-c2ccccc2CNC)c1. The molecular weight excluding hydrogens is 222 g/mol. The van der Waals surface area contributed by atoms with E-state index in [2.05, 4.69) is 45.9 Å². The molecule has 2 rings (SSSR count). The highest BCUT2D eigenvalue weighted by Gasteiger charge is 2.05. The Balaban J connectivity index is 2.38. The van der Waals surface area contributed by atoms with E-state index in [9.17, 15) is 0 Å². The Hall–Kier alpha value is -1.71. The molecule has 0 aliphatic rings. The third-order valence-corrected chi connectivity index (χ3v) is 2.87. The molecule has 0 aliphatic carbocycles. The van der Waals surface area contributed by atoms with Crippen LogP contribution in [0.1, 0.15) is 11.1 Å². The summed E-state index contributed by atoms with van der Waals surface area (Å²) in [5.41, 5.74) is 4.76.